The first kappa shape index (κ1) is 27.7. The predicted octanol–water partition coefficient (Wildman–Crippen LogP) is 3.90. The number of hydrogen-bond acceptors (Lipinski definition) is 7. The number of nitrogens with zero attached hydrogens (tertiary/aromatic N) is 6. The summed E-state index contributed by atoms with van der Waals surface area (Å²) < 4.78 is 21.9. The van der Waals surface area contributed by atoms with Crippen molar-refractivity contribution in [3.8, 4) is 5.75 Å². The topological polar surface area (TPSA) is 78.8 Å². The summed E-state index contributed by atoms with van der Waals surface area (Å²) in [7, 11) is 4.04. The number of likely N-dealkylation sites (N-methyl/N-ethyl adjacent to an activating group) is 1. The lowest BCUT2D eigenvalue weighted by Gasteiger charge is -2.40. The van der Waals surface area contributed by atoms with Crippen LogP contribution in [0.5, 0.6) is 5.75 Å². The zero-order chi connectivity index (χ0) is 28.7. The van der Waals surface area contributed by atoms with Crippen molar-refractivity contribution in [2.45, 2.75) is 51.2 Å². The van der Waals surface area contributed by atoms with Gasteiger partial charge in [-0.25, -0.2) is 9.37 Å². The molecule has 0 radical (unpaired) electrons. The van der Waals surface area contributed by atoms with Crippen molar-refractivity contribution in [1.82, 2.24) is 29.2 Å². The molecule has 1 N–H and O–H groups in total. The van der Waals surface area contributed by atoms with E-state index in [1.165, 1.54) is 17.3 Å². The van der Waals surface area contributed by atoms with Gasteiger partial charge in [0.25, 0.3) is 5.91 Å². The number of ether oxygens (including phenoxy) is 1. The molecule has 2 fully saturated rings. The summed E-state index contributed by atoms with van der Waals surface area (Å²) in [6, 6.07) is 5.73. The van der Waals surface area contributed by atoms with Crippen molar-refractivity contribution < 1.29 is 13.9 Å². The van der Waals surface area contributed by atoms with Crippen molar-refractivity contribution >= 4 is 11.9 Å². The maximum Gasteiger partial charge on any atom is 0.254 e. The molecule has 41 heavy (non-hydrogen) atoms. The quantitative estimate of drug-likeness (QED) is 0.425. The smallest absolute Gasteiger partial charge is 0.254 e. The summed E-state index contributed by atoms with van der Waals surface area (Å²) in [5.41, 5.74) is 4.96. The van der Waals surface area contributed by atoms with E-state index in [0.29, 0.717) is 25.4 Å². The largest absolute Gasteiger partial charge is 0.491 e. The molecule has 2 aromatic heterocycles. The number of nitrogens with one attached hydrogen (secondary N) is 1. The number of halogens is 1. The van der Waals surface area contributed by atoms with Crippen LogP contribution in [-0.2, 0) is 18.5 Å². The van der Waals surface area contributed by atoms with Crippen LogP contribution in [0, 0.1) is 5.82 Å². The van der Waals surface area contributed by atoms with Crippen LogP contribution < -0.4 is 10.1 Å². The summed E-state index contributed by atoms with van der Waals surface area (Å²) in [4.78, 5) is 29.9. The zero-order valence-corrected chi connectivity index (χ0v) is 24.5. The summed E-state index contributed by atoms with van der Waals surface area (Å²) in [6.07, 6.45) is 7.05. The van der Waals surface area contributed by atoms with Crippen LogP contribution in [0.25, 0.3) is 0 Å². The lowest BCUT2D eigenvalue weighted by atomic mass is 9.81. The van der Waals surface area contributed by atoms with E-state index in [9.17, 15) is 9.18 Å². The summed E-state index contributed by atoms with van der Waals surface area (Å²) in [5.74, 6) is 0.481. The van der Waals surface area contributed by atoms with E-state index in [1.807, 2.05) is 32.0 Å². The fourth-order valence-electron chi connectivity index (χ4n) is 6.48. The lowest BCUT2D eigenvalue weighted by Crippen LogP contribution is -2.47. The number of fused-ring (bicyclic) bond motifs is 2. The number of piperazine rings is 1. The van der Waals surface area contributed by atoms with E-state index >= 15 is 0 Å². The van der Waals surface area contributed by atoms with Crippen molar-refractivity contribution in [3.05, 3.63) is 70.6 Å². The van der Waals surface area contributed by atoms with Gasteiger partial charge >= 0.3 is 0 Å². The average Bonchev–Trinajstić information content (AvgIpc) is 3.59. The summed E-state index contributed by atoms with van der Waals surface area (Å²) >= 11 is 0. The van der Waals surface area contributed by atoms with Crippen LogP contribution in [0.1, 0.15) is 65.5 Å². The summed E-state index contributed by atoms with van der Waals surface area (Å²) in [5, 5.41) is 3.15. The number of amides is 1. The maximum atomic E-state index is 14.3. The van der Waals surface area contributed by atoms with Gasteiger partial charge in [-0.3, -0.25) is 14.7 Å². The molecule has 1 saturated heterocycles. The van der Waals surface area contributed by atoms with Crippen molar-refractivity contribution in [2.24, 2.45) is 0 Å². The molecule has 1 unspecified atom stereocenters. The Morgan fingerprint density at radius 1 is 1.12 bits per heavy atom. The second kappa shape index (κ2) is 11.1. The second-order valence-corrected chi connectivity index (χ2v) is 11.7. The number of imidazole rings is 1. The number of aromatic nitrogens is 3. The number of carbonyl (C=O) groups is 1. The first-order valence-corrected chi connectivity index (χ1v) is 14.7. The van der Waals surface area contributed by atoms with Crippen LogP contribution in [0.3, 0.4) is 0 Å². The third-order valence-corrected chi connectivity index (χ3v) is 8.95. The van der Waals surface area contributed by atoms with E-state index in [1.54, 1.807) is 12.3 Å². The number of rotatable bonds is 9. The maximum absolute atomic E-state index is 14.3. The molecule has 10 heteroatoms. The van der Waals surface area contributed by atoms with Gasteiger partial charge in [0.2, 0.25) is 5.95 Å². The Hall–Kier alpha value is -3.50. The van der Waals surface area contributed by atoms with Gasteiger partial charge in [-0.05, 0) is 56.5 Å². The molecule has 4 heterocycles. The number of carbonyl (C=O) groups excluding carboxylic acids is 1. The standard InChI is InChI=1S/C31H40FN7O2/c1-5-41-27-16-26(35-17-25(27)32)21(2)39-20-31(6-7-31)28-23(19-37-12-10-36(4)11-13-37)14-22(15-24(28)29(39)40)18-38-9-8-34-30(38)33-3/h8-9,14-17,21H,5-7,10-13,18-20H2,1-4H3,(H,33,34). The highest BCUT2D eigenvalue weighted by Crippen LogP contribution is 2.55. The number of pyridine rings is 1. The third kappa shape index (κ3) is 5.30. The van der Waals surface area contributed by atoms with Crippen molar-refractivity contribution in [2.75, 3.05) is 58.7 Å². The third-order valence-electron chi connectivity index (χ3n) is 8.95. The van der Waals surface area contributed by atoms with Crippen molar-refractivity contribution in [3.63, 3.8) is 0 Å². The minimum Gasteiger partial charge on any atom is -0.491 e. The highest BCUT2D eigenvalue weighted by molar-refractivity contribution is 5.98. The van der Waals surface area contributed by atoms with E-state index in [4.69, 9.17) is 4.74 Å². The molecule has 6 rings (SSSR count). The first-order valence-electron chi connectivity index (χ1n) is 14.7. The Labute approximate surface area is 241 Å². The number of benzene rings is 1. The highest BCUT2D eigenvalue weighted by Gasteiger charge is 2.53. The Morgan fingerprint density at radius 2 is 1.90 bits per heavy atom. The molecule has 1 amide bonds. The van der Waals surface area contributed by atoms with Gasteiger partial charge < -0.3 is 24.4 Å². The highest BCUT2D eigenvalue weighted by atomic mass is 19.1. The molecule has 3 aliphatic rings. The van der Waals surface area contributed by atoms with Gasteiger partial charge in [0.15, 0.2) is 11.6 Å². The fourth-order valence-corrected chi connectivity index (χ4v) is 6.48. The van der Waals surface area contributed by atoms with E-state index < -0.39 is 5.82 Å². The summed E-state index contributed by atoms with van der Waals surface area (Å²) in [6.45, 7) is 10.4. The van der Waals surface area contributed by atoms with Gasteiger partial charge in [-0.1, -0.05) is 6.07 Å². The number of anilines is 1. The Balaban J connectivity index is 1.39. The van der Waals surface area contributed by atoms with Gasteiger partial charge in [0.1, 0.15) is 0 Å². The first-order chi connectivity index (χ1) is 19.8. The Morgan fingerprint density at radius 3 is 2.61 bits per heavy atom. The number of hydrogen-bond donors (Lipinski definition) is 1. The predicted molar refractivity (Wildman–Crippen MR) is 156 cm³/mol. The minimum atomic E-state index is -0.490. The molecule has 3 aromatic rings. The minimum absolute atomic E-state index is 0.00931. The van der Waals surface area contributed by atoms with Crippen LogP contribution in [-0.4, -0.2) is 88.6 Å². The molecule has 9 nitrogen and oxygen atoms in total. The zero-order valence-electron chi connectivity index (χ0n) is 24.5. The van der Waals surface area contributed by atoms with Crippen LogP contribution >= 0.6 is 0 Å². The van der Waals surface area contributed by atoms with Crippen LogP contribution in [0.4, 0.5) is 10.3 Å². The lowest BCUT2D eigenvalue weighted by molar-refractivity contribution is 0.0632. The van der Waals surface area contributed by atoms with E-state index in [-0.39, 0.29) is 23.1 Å². The molecule has 1 saturated carbocycles. The molecule has 1 atom stereocenters. The molecule has 1 aromatic carbocycles. The van der Waals surface area contributed by atoms with Crippen LogP contribution in [0.2, 0.25) is 0 Å². The van der Waals surface area contributed by atoms with Gasteiger partial charge in [0, 0.05) is 75.8 Å². The normalized spacial score (nSPS) is 19.3. The molecular weight excluding hydrogens is 521 g/mol. The SMILES string of the molecule is CCOc1cc(C(C)N2CC3(CC3)c3c(CN4CCN(C)CC4)cc(Cn4ccnc4NC)cc3C2=O)ncc1F. The van der Waals surface area contributed by atoms with Gasteiger partial charge in [0.05, 0.1) is 31.1 Å². The molecule has 1 aliphatic carbocycles. The van der Waals surface area contributed by atoms with E-state index in [0.717, 1.165) is 62.6 Å². The molecular formula is C31H40FN7O2. The molecule has 218 valence electrons. The Bertz CT molecular complexity index is 1430. The van der Waals surface area contributed by atoms with Gasteiger partial charge in [-0.2, -0.15) is 0 Å². The second-order valence-electron chi connectivity index (χ2n) is 11.7. The molecule has 0 bridgehead atoms. The average molecular weight is 562 g/mol. The monoisotopic (exact) mass is 561 g/mol. The van der Waals surface area contributed by atoms with Crippen LogP contribution in [0.15, 0.2) is 36.8 Å². The van der Waals surface area contributed by atoms with E-state index in [2.05, 4.69) is 48.8 Å². The molecule has 1 spiro atoms. The van der Waals surface area contributed by atoms with Crippen molar-refractivity contribution in [1.29, 1.82) is 0 Å². The van der Waals surface area contributed by atoms with Gasteiger partial charge in [-0.15, -0.1) is 0 Å². The fraction of sp³-hybridized carbons (Fsp3) is 0.516. The Kier molecular flexibility index (Phi) is 7.46. The molecule has 2 aliphatic heterocycles.